The van der Waals surface area contributed by atoms with Gasteiger partial charge in [0.05, 0.1) is 23.6 Å². The average molecular weight is 458 g/mol. The number of rotatable bonds is 4. The van der Waals surface area contributed by atoms with E-state index in [4.69, 9.17) is 0 Å². The molecule has 0 spiro atoms. The van der Waals surface area contributed by atoms with Crippen LogP contribution in [0.1, 0.15) is 54.1 Å². The highest BCUT2D eigenvalue weighted by Crippen LogP contribution is 2.31. The van der Waals surface area contributed by atoms with Crippen LogP contribution in [0.5, 0.6) is 0 Å². The number of para-hydroxylation sites is 1. The number of fused-ring (bicyclic) bond motifs is 1. The minimum atomic E-state index is -0.0241. The Bertz CT molecular complexity index is 1190. The van der Waals surface area contributed by atoms with Crippen LogP contribution in [0.15, 0.2) is 54.9 Å². The van der Waals surface area contributed by atoms with Gasteiger partial charge in [0.1, 0.15) is 0 Å². The predicted molar refractivity (Wildman–Crippen MR) is 131 cm³/mol. The van der Waals surface area contributed by atoms with Gasteiger partial charge in [0.2, 0.25) is 5.91 Å². The van der Waals surface area contributed by atoms with E-state index in [1.807, 2.05) is 53.1 Å². The number of hydrogen-bond donors (Lipinski definition) is 0. The highest BCUT2D eigenvalue weighted by Gasteiger charge is 2.33. The van der Waals surface area contributed by atoms with Crippen molar-refractivity contribution < 1.29 is 9.59 Å². The van der Waals surface area contributed by atoms with Crippen molar-refractivity contribution in [2.75, 3.05) is 18.0 Å². The van der Waals surface area contributed by atoms with Gasteiger partial charge in [-0.3, -0.25) is 9.59 Å². The molecular weight excluding hydrogens is 426 g/mol. The number of carbonyl (C=O) groups excluding carboxylic acids is 2. The molecule has 5 rings (SSSR count). The number of aromatic nitrogens is 3. The van der Waals surface area contributed by atoms with Gasteiger partial charge in [0, 0.05) is 31.2 Å². The van der Waals surface area contributed by atoms with E-state index in [-0.39, 0.29) is 23.8 Å². The number of anilines is 1. The maximum atomic E-state index is 13.7. The number of hydrogen-bond acceptors (Lipinski definition) is 4. The van der Waals surface area contributed by atoms with Crippen molar-refractivity contribution in [3.8, 4) is 5.69 Å². The van der Waals surface area contributed by atoms with E-state index in [0.29, 0.717) is 24.2 Å². The van der Waals surface area contributed by atoms with E-state index in [1.165, 1.54) is 10.4 Å². The van der Waals surface area contributed by atoms with Crippen LogP contribution in [0, 0.1) is 12.8 Å². The van der Waals surface area contributed by atoms with Crippen LogP contribution in [0.25, 0.3) is 5.69 Å². The molecular formula is C27H31N5O2. The first-order valence-corrected chi connectivity index (χ1v) is 12.2. The molecule has 3 aromatic rings. The van der Waals surface area contributed by atoms with Gasteiger partial charge in [-0.25, -0.2) is 0 Å². The topological polar surface area (TPSA) is 71.3 Å². The summed E-state index contributed by atoms with van der Waals surface area (Å²) in [5.74, 6) is 0.290. The number of amides is 2. The van der Waals surface area contributed by atoms with Crippen LogP contribution >= 0.6 is 0 Å². The normalized spacial score (nSPS) is 20.2. The molecule has 1 fully saturated rings. The second-order valence-electron chi connectivity index (χ2n) is 9.57. The minimum Gasteiger partial charge on any atom is -0.336 e. The first-order valence-electron chi connectivity index (χ1n) is 12.2. The van der Waals surface area contributed by atoms with E-state index < -0.39 is 0 Å². The fourth-order valence-corrected chi connectivity index (χ4v) is 5.27. The van der Waals surface area contributed by atoms with E-state index in [1.54, 1.807) is 12.4 Å². The summed E-state index contributed by atoms with van der Waals surface area (Å²) in [7, 11) is 0. The van der Waals surface area contributed by atoms with Crippen molar-refractivity contribution in [2.45, 2.75) is 52.0 Å². The van der Waals surface area contributed by atoms with Gasteiger partial charge in [-0.2, -0.15) is 15.0 Å². The molecule has 0 radical (unpaired) electrons. The molecule has 2 amide bonds. The zero-order chi connectivity index (χ0) is 23.7. The minimum absolute atomic E-state index is 0.0241. The smallest absolute Gasteiger partial charge is 0.256 e. The molecule has 2 aromatic carbocycles. The molecule has 7 heteroatoms. The van der Waals surface area contributed by atoms with Crippen LogP contribution in [0.4, 0.5) is 5.69 Å². The van der Waals surface area contributed by atoms with Crippen molar-refractivity contribution in [2.24, 2.45) is 5.92 Å². The van der Waals surface area contributed by atoms with Crippen molar-refractivity contribution in [3.05, 3.63) is 71.5 Å². The Morgan fingerprint density at radius 1 is 1.03 bits per heavy atom. The van der Waals surface area contributed by atoms with Crippen LogP contribution in [-0.4, -0.2) is 50.8 Å². The molecule has 0 saturated carbocycles. The largest absolute Gasteiger partial charge is 0.336 e. The Kier molecular flexibility index (Phi) is 6.18. The molecule has 2 atom stereocenters. The van der Waals surface area contributed by atoms with Gasteiger partial charge in [0.15, 0.2) is 0 Å². The van der Waals surface area contributed by atoms with Crippen LogP contribution in [-0.2, 0) is 11.2 Å². The second kappa shape index (κ2) is 9.41. The number of benzene rings is 2. The van der Waals surface area contributed by atoms with E-state index >= 15 is 0 Å². The highest BCUT2D eigenvalue weighted by atomic mass is 16.2. The maximum absolute atomic E-state index is 13.7. The molecule has 1 saturated heterocycles. The molecule has 0 unspecified atom stereocenters. The molecule has 0 aliphatic carbocycles. The molecule has 7 nitrogen and oxygen atoms in total. The fourth-order valence-electron chi connectivity index (χ4n) is 5.27. The number of aryl methyl sites for hydroxylation is 2. The Morgan fingerprint density at radius 2 is 1.82 bits per heavy atom. The first-order chi connectivity index (χ1) is 16.5. The van der Waals surface area contributed by atoms with E-state index in [2.05, 4.69) is 23.2 Å². The number of carbonyl (C=O) groups is 2. The molecule has 1 aromatic heterocycles. The lowest BCUT2D eigenvalue weighted by Crippen LogP contribution is -2.47. The lowest BCUT2D eigenvalue weighted by Gasteiger charge is -2.39. The Morgan fingerprint density at radius 3 is 2.65 bits per heavy atom. The molecule has 2 aliphatic heterocycles. The quantitative estimate of drug-likeness (QED) is 0.589. The first kappa shape index (κ1) is 22.3. The monoisotopic (exact) mass is 457 g/mol. The summed E-state index contributed by atoms with van der Waals surface area (Å²) in [6.07, 6.45) is 7.54. The maximum Gasteiger partial charge on any atom is 0.256 e. The molecule has 34 heavy (non-hydrogen) atoms. The third-order valence-electron chi connectivity index (χ3n) is 7.13. The predicted octanol–water partition coefficient (Wildman–Crippen LogP) is 4.19. The fraction of sp³-hybridized carbons (Fsp3) is 0.407. The summed E-state index contributed by atoms with van der Waals surface area (Å²) in [5.41, 5.74) is 4.58. The van der Waals surface area contributed by atoms with Crippen LogP contribution in [0.2, 0.25) is 0 Å². The summed E-state index contributed by atoms with van der Waals surface area (Å²) >= 11 is 0. The van der Waals surface area contributed by atoms with Crippen molar-refractivity contribution >= 4 is 17.5 Å². The third-order valence-corrected chi connectivity index (χ3v) is 7.13. The zero-order valence-corrected chi connectivity index (χ0v) is 19.9. The molecule has 2 aliphatic rings. The van der Waals surface area contributed by atoms with E-state index in [0.717, 1.165) is 43.5 Å². The Hall–Kier alpha value is -3.48. The molecule has 0 bridgehead atoms. The Labute approximate surface area is 200 Å². The third kappa shape index (κ3) is 4.34. The van der Waals surface area contributed by atoms with Crippen molar-refractivity contribution in [3.63, 3.8) is 0 Å². The summed E-state index contributed by atoms with van der Waals surface area (Å²) in [6.45, 7) is 5.43. The van der Waals surface area contributed by atoms with Gasteiger partial charge < -0.3 is 9.80 Å². The Balaban J connectivity index is 1.34. The molecule has 176 valence electrons. The van der Waals surface area contributed by atoms with Crippen LogP contribution in [0.3, 0.4) is 0 Å². The molecule has 3 heterocycles. The van der Waals surface area contributed by atoms with Gasteiger partial charge in [-0.1, -0.05) is 29.8 Å². The van der Waals surface area contributed by atoms with Crippen molar-refractivity contribution in [1.82, 2.24) is 19.9 Å². The second-order valence-corrected chi connectivity index (χ2v) is 9.57. The van der Waals surface area contributed by atoms with E-state index in [9.17, 15) is 9.59 Å². The van der Waals surface area contributed by atoms with Gasteiger partial charge in [-0.05, 0) is 69.2 Å². The van der Waals surface area contributed by atoms with Gasteiger partial charge in [0.25, 0.3) is 5.91 Å². The molecule has 0 N–H and O–H groups in total. The standard InChI is InChI=1S/C27H31N5O2/c1-19-9-12-25(32-28-13-14-29-32)23(16-19)27(34)31-18-21(11-10-20(31)2)17-26(33)30-15-5-7-22-6-3-4-8-24(22)30/h3-4,6,8-9,12-14,16,20-21H,5,7,10-11,15,17-18H2,1-2H3/t20-,21+/m0/s1. The lowest BCUT2D eigenvalue weighted by atomic mass is 9.89. The summed E-state index contributed by atoms with van der Waals surface area (Å²) in [6, 6.07) is 14.1. The van der Waals surface area contributed by atoms with Crippen molar-refractivity contribution in [1.29, 1.82) is 0 Å². The average Bonchev–Trinajstić information content (AvgIpc) is 3.39. The lowest BCUT2D eigenvalue weighted by molar-refractivity contribution is -0.120. The van der Waals surface area contributed by atoms with Crippen LogP contribution < -0.4 is 4.90 Å². The number of piperidine rings is 1. The summed E-state index contributed by atoms with van der Waals surface area (Å²) < 4.78 is 0. The number of nitrogens with zero attached hydrogens (tertiary/aromatic N) is 5. The zero-order valence-electron chi connectivity index (χ0n) is 19.9. The summed E-state index contributed by atoms with van der Waals surface area (Å²) in [5, 5.41) is 8.47. The number of likely N-dealkylation sites (tertiary alicyclic amines) is 1. The van der Waals surface area contributed by atoms with Gasteiger partial charge >= 0.3 is 0 Å². The van der Waals surface area contributed by atoms with Gasteiger partial charge in [-0.15, -0.1) is 0 Å². The highest BCUT2D eigenvalue weighted by molar-refractivity contribution is 5.98. The SMILES string of the molecule is Cc1ccc(-n2nccn2)c(C(=O)N2C[C@@H](CC(=O)N3CCCc4ccccc43)CC[C@@H]2C)c1. The summed E-state index contributed by atoms with van der Waals surface area (Å²) in [4.78, 5) is 32.4.